The van der Waals surface area contributed by atoms with Gasteiger partial charge in [0.15, 0.2) is 0 Å². The molecular formula is C16H13ClN2O3. The predicted octanol–water partition coefficient (Wildman–Crippen LogP) is 1.87. The zero-order valence-electron chi connectivity index (χ0n) is 11.5. The normalized spacial score (nSPS) is 11.0. The van der Waals surface area contributed by atoms with Crippen LogP contribution >= 0.6 is 11.6 Å². The second-order valence-corrected chi connectivity index (χ2v) is 5.34. The van der Waals surface area contributed by atoms with Crippen molar-refractivity contribution in [1.29, 1.82) is 0 Å². The zero-order valence-corrected chi connectivity index (χ0v) is 12.3. The summed E-state index contributed by atoms with van der Waals surface area (Å²) < 4.78 is 1.41. The molecule has 1 heterocycles. The van der Waals surface area contributed by atoms with Gasteiger partial charge in [-0.1, -0.05) is 23.7 Å². The summed E-state index contributed by atoms with van der Waals surface area (Å²) >= 11 is 6.00. The van der Waals surface area contributed by atoms with E-state index in [1.807, 2.05) is 6.07 Å². The second-order valence-electron chi connectivity index (χ2n) is 4.90. The van der Waals surface area contributed by atoms with Gasteiger partial charge in [0.05, 0.1) is 16.6 Å². The number of nitrogens with one attached hydrogen (secondary N) is 1. The summed E-state index contributed by atoms with van der Waals surface area (Å²) in [6.45, 7) is 0.0244. The van der Waals surface area contributed by atoms with Crippen molar-refractivity contribution in [3.63, 3.8) is 0 Å². The Morgan fingerprint density at radius 2 is 1.95 bits per heavy atom. The maximum atomic E-state index is 12.2. The Kier molecular flexibility index (Phi) is 3.83. The van der Waals surface area contributed by atoms with Crippen LogP contribution in [0.2, 0.25) is 5.02 Å². The number of rotatable bonds is 3. The number of aliphatic hydroxyl groups is 1. The molecule has 0 bridgehead atoms. The largest absolute Gasteiger partial charge is 0.396 e. The molecule has 6 heteroatoms. The Hall–Kier alpha value is -2.37. The molecule has 112 valence electrons. The third-order valence-corrected chi connectivity index (χ3v) is 3.67. The van der Waals surface area contributed by atoms with Gasteiger partial charge in [0.2, 0.25) is 0 Å². The summed E-state index contributed by atoms with van der Waals surface area (Å²) in [6, 6.07) is 12.0. The molecule has 0 saturated carbocycles. The minimum Gasteiger partial charge on any atom is -0.396 e. The number of aliphatic hydroxyl groups excluding tert-OH is 1. The van der Waals surface area contributed by atoms with E-state index in [4.69, 9.17) is 16.7 Å². The molecule has 0 spiro atoms. The van der Waals surface area contributed by atoms with Gasteiger partial charge in [0, 0.05) is 11.6 Å². The van der Waals surface area contributed by atoms with Crippen LogP contribution in [0.5, 0.6) is 0 Å². The number of nitrogens with zero attached hydrogens (tertiary/aromatic N) is 1. The maximum absolute atomic E-state index is 12.2. The molecule has 0 amide bonds. The minimum atomic E-state index is -0.527. The van der Waals surface area contributed by atoms with Crippen molar-refractivity contribution in [3.05, 3.63) is 73.9 Å². The zero-order chi connectivity index (χ0) is 15.7. The van der Waals surface area contributed by atoms with Crippen LogP contribution in [-0.2, 0) is 6.42 Å². The SMILES string of the molecule is O=c1[nH]c(=O)n(-c2cccc(CCO)c2)c2cc(Cl)ccc12. The average molecular weight is 317 g/mol. The maximum Gasteiger partial charge on any atom is 0.333 e. The van der Waals surface area contributed by atoms with E-state index in [1.165, 1.54) is 4.57 Å². The fraction of sp³-hybridized carbons (Fsp3) is 0.125. The van der Waals surface area contributed by atoms with E-state index in [9.17, 15) is 9.59 Å². The van der Waals surface area contributed by atoms with Gasteiger partial charge in [-0.05, 0) is 42.3 Å². The Bertz CT molecular complexity index is 959. The summed E-state index contributed by atoms with van der Waals surface area (Å²) in [5, 5.41) is 9.87. The molecule has 0 radical (unpaired) electrons. The third kappa shape index (κ3) is 2.56. The first-order valence-corrected chi connectivity index (χ1v) is 7.13. The minimum absolute atomic E-state index is 0.0244. The van der Waals surface area contributed by atoms with Gasteiger partial charge in [-0.15, -0.1) is 0 Å². The van der Waals surface area contributed by atoms with E-state index in [2.05, 4.69) is 4.98 Å². The fourth-order valence-corrected chi connectivity index (χ4v) is 2.61. The van der Waals surface area contributed by atoms with Crippen molar-refractivity contribution in [3.8, 4) is 5.69 Å². The number of H-pyrrole nitrogens is 1. The number of benzene rings is 2. The number of halogens is 1. The van der Waals surface area contributed by atoms with Crippen molar-refractivity contribution in [2.75, 3.05) is 6.61 Å². The van der Waals surface area contributed by atoms with E-state index in [0.717, 1.165) is 5.56 Å². The lowest BCUT2D eigenvalue weighted by atomic mass is 10.1. The van der Waals surface area contributed by atoms with Gasteiger partial charge in [0.1, 0.15) is 0 Å². The van der Waals surface area contributed by atoms with Gasteiger partial charge < -0.3 is 5.11 Å². The lowest BCUT2D eigenvalue weighted by molar-refractivity contribution is 0.299. The van der Waals surface area contributed by atoms with Crippen LogP contribution in [0.25, 0.3) is 16.6 Å². The van der Waals surface area contributed by atoms with Crippen LogP contribution in [0.1, 0.15) is 5.56 Å². The smallest absolute Gasteiger partial charge is 0.333 e. The van der Waals surface area contributed by atoms with Crippen LogP contribution in [0.3, 0.4) is 0 Å². The van der Waals surface area contributed by atoms with E-state index in [0.29, 0.717) is 28.0 Å². The topological polar surface area (TPSA) is 75.1 Å². The molecule has 0 aliphatic heterocycles. The Morgan fingerprint density at radius 3 is 2.73 bits per heavy atom. The van der Waals surface area contributed by atoms with Crippen molar-refractivity contribution >= 4 is 22.5 Å². The second kappa shape index (κ2) is 5.79. The molecule has 3 rings (SSSR count). The molecule has 0 aliphatic carbocycles. The van der Waals surface area contributed by atoms with Gasteiger partial charge >= 0.3 is 5.69 Å². The van der Waals surface area contributed by atoms with Gasteiger partial charge in [-0.3, -0.25) is 14.3 Å². The highest BCUT2D eigenvalue weighted by molar-refractivity contribution is 6.31. The summed E-state index contributed by atoms with van der Waals surface area (Å²) in [5.41, 5.74) is 0.982. The first kappa shape index (κ1) is 14.6. The van der Waals surface area contributed by atoms with E-state index in [1.54, 1.807) is 36.4 Å². The van der Waals surface area contributed by atoms with Crippen molar-refractivity contribution in [1.82, 2.24) is 9.55 Å². The number of aromatic nitrogens is 2. The Labute approximate surface area is 130 Å². The molecule has 0 fully saturated rings. The highest BCUT2D eigenvalue weighted by Gasteiger charge is 2.10. The molecule has 0 atom stereocenters. The third-order valence-electron chi connectivity index (χ3n) is 3.44. The molecule has 0 saturated heterocycles. The first-order valence-electron chi connectivity index (χ1n) is 6.75. The fourth-order valence-electron chi connectivity index (χ4n) is 2.45. The summed E-state index contributed by atoms with van der Waals surface area (Å²) in [6.07, 6.45) is 0.491. The molecule has 3 aromatic rings. The lowest BCUT2D eigenvalue weighted by Gasteiger charge is -2.11. The highest BCUT2D eigenvalue weighted by Crippen LogP contribution is 2.19. The van der Waals surface area contributed by atoms with Gasteiger partial charge in [0.25, 0.3) is 5.56 Å². The standard InChI is InChI=1S/C16H13ClN2O3/c17-11-4-5-13-14(9-11)19(16(22)18-15(13)21)12-3-1-2-10(8-12)6-7-20/h1-5,8-9,20H,6-7H2,(H,18,21,22). The highest BCUT2D eigenvalue weighted by atomic mass is 35.5. The number of aromatic amines is 1. The van der Waals surface area contributed by atoms with E-state index in [-0.39, 0.29) is 6.61 Å². The summed E-state index contributed by atoms with van der Waals surface area (Å²) in [5.74, 6) is 0. The van der Waals surface area contributed by atoms with Crippen LogP contribution in [-0.4, -0.2) is 21.3 Å². The molecule has 1 aromatic heterocycles. The molecule has 0 unspecified atom stereocenters. The van der Waals surface area contributed by atoms with Crippen molar-refractivity contribution < 1.29 is 5.11 Å². The van der Waals surface area contributed by atoms with Crippen LogP contribution in [0, 0.1) is 0 Å². The number of hydrogen-bond donors (Lipinski definition) is 2. The molecule has 22 heavy (non-hydrogen) atoms. The molecule has 0 aliphatic rings. The van der Waals surface area contributed by atoms with Crippen molar-refractivity contribution in [2.45, 2.75) is 6.42 Å². The first-order chi connectivity index (χ1) is 10.6. The molecule has 2 aromatic carbocycles. The van der Waals surface area contributed by atoms with Gasteiger partial charge in [-0.2, -0.15) is 0 Å². The monoisotopic (exact) mass is 316 g/mol. The lowest BCUT2D eigenvalue weighted by Crippen LogP contribution is -2.29. The van der Waals surface area contributed by atoms with Crippen LogP contribution < -0.4 is 11.2 Å². The van der Waals surface area contributed by atoms with E-state index < -0.39 is 11.2 Å². The summed E-state index contributed by atoms with van der Waals surface area (Å²) in [7, 11) is 0. The van der Waals surface area contributed by atoms with Crippen molar-refractivity contribution in [2.24, 2.45) is 0 Å². The predicted molar refractivity (Wildman–Crippen MR) is 86.0 cm³/mol. The number of fused-ring (bicyclic) bond motifs is 1. The Balaban J connectivity index is 2.35. The number of hydrogen-bond acceptors (Lipinski definition) is 3. The quantitative estimate of drug-likeness (QED) is 0.774. The molecule has 5 nitrogen and oxygen atoms in total. The van der Waals surface area contributed by atoms with Crippen LogP contribution in [0.15, 0.2) is 52.1 Å². The van der Waals surface area contributed by atoms with Gasteiger partial charge in [-0.25, -0.2) is 4.79 Å². The van der Waals surface area contributed by atoms with Crippen LogP contribution in [0.4, 0.5) is 0 Å². The molecular weight excluding hydrogens is 304 g/mol. The Morgan fingerprint density at radius 1 is 1.14 bits per heavy atom. The summed E-state index contributed by atoms with van der Waals surface area (Å²) in [4.78, 5) is 26.5. The van der Waals surface area contributed by atoms with E-state index >= 15 is 0 Å². The molecule has 2 N–H and O–H groups in total. The average Bonchev–Trinajstić information content (AvgIpc) is 2.47.